The third-order valence-corrected chi connectivity index (χ3v) is 2.57. The average Bonchev–Trinajstić information content (AvgIpc) is 2.77. The first-order chi connectivity index (χ1) is 5.68. The number of rotatable bonds is 1. The van der Waals surface area contributed by atoms with Gasteiger partial charge in [-0.25, -0.2) is 0 Å². The number of hydrogen-bond acceptors (Lipinski definition) is 2. The van der Waals surface area contributed by atoms with Gasteiger partial charge in [0.15, 0.2) is 0 Å². The summed E-state index contributed by atoms with van der Waals surface area (Å²) in [6, 6.07) is 4.34. The fraction of sp³-hybridized carbons (Fsp3) is 0.556. The van der Waals surface area contributed by atoms with Gasteiger partial charge >= 0.3 is 0 Å². The van der Waals surface area contributed by atoms with E-state index in [-0.39, 0.29) is 5.41 Å². The molecule has 1 fully saturated rings. The minimum atomic E-state index is -0.230. The van der Waals surface area contributed by atoms with Crippen molar-refractivity contribution in [2.75, 3.05) is 0 Å². The molecule has 1 saturated carbocycles. The SMILES string of the molecule is Cc1cc(C2(C#N)CC2)nn1C. The van der Waals surface area contributed by atoms with Gasteiger partial charge in [0.1, 0.15) is 5.41 Å². The summed E-state index contributed by atoms with van der Waals surface area (Å²) in [7, 11) is 1.91. The van der Waals surface area contributed by atoms with Gasteiger partial charge in [0.05, 0.1) is 11.8 Å². The van der Waals surface area contributed by atoms with Crippen LogP contribution in [0.5, 0.6) is 0 Å². The van der Waals surface area contributed by atoms with Crippen LogP contribution in [-0.2, 0) is 12.5 Å². The molecule has 1 aromatic rings. The van der Waals surface area contributed by atoms with Crippen molar-refractivity contribution in [3.05, 3.63) is 17.5 Å². The molecule has 0 spiro atoms. The first kappa shape index (κ1) is 7.35. The lowest BCUT2D eigenvalue weighted by molar-refractivity contribution is 0.702. The molecule has 1 aromatic heterocycles. The Bertz CT molecular complexity index is 333. The van der Waals surface area contributed by atoms with E-state index in [9.17, 15) is 0 Å². The standard InChI is InChI=1S/C9H11N3/c1-7-5-8(11-12(7)2)9(6-10)3-4-9/h5H,3-4H2,1-2H3. The lowest BCUT2D eigenvalue weighted by Crippen LogP contribution is -2.04. The van der Waals surface area contributed by atoms with Gasteiger partial charge in [-0.2, -0.15) is 10.4 Å². The normalized spacial score (nSPS) is 18.8. The molecule has 12 heavy (non-hydrogen) atoms. The number of hydrogen-bond donors (Lipinski definition) is 0. The van der Waals surface area contributed by atoms with E-state index in [4.69, 9.17) is 5.26 Å². The van der Waals surface area contributed by atoms with Gasteiger partial charge in [-0.15, -0.1) is 0 Å². The number of nitriles is 1. The molecule has 0 amide bonds. The maximum Gasteiger partial charge on any atom is 0.101 e. The van der Waals surface area contributed by atoms with Crippen LogP contribution in [0.2, 0.25) is 0 Å². The molecule has 0 radical (unpaired) electrons. The summed E-state index contributed by atoms with van der Waals surface area (Å²) in [5, 5.41) is 13.2. The van der Waals surface area contributed by atoms with Crippen LogP contribution in [0.15, 0.2) is 6.07 Å². The molecule has 1 heterocycles. The summed E-state index contributed by atoms with van der Waals surface area (Å²) in [5.41, 5.74) is 1.84. The largest absolute Gasteiger partial charge is 0.273 e. The van der Waals surface area contributed by atoms with E-state index in [1.807, 2.05) is 24.7 Å². The highest BCUT2D eigenvalue weighted by atomic mass is 15.3. The molecule has 0 aliphatic heterocycles. The van der Waals surface area contributed by atoms with Crippen LogP contribution in [0.1, 0.15) is 24.2 Å². The maximum atomic E-state index is 8.91. The third-order valence-electron chi connectivity index (χ3n) is 2.57. The molecule has 0 N–H and O–H groups in total. The Kier molecular flexibility index (Phi) is 1.29. The summed E-state index contributed by atoms with van der Waals surface area (Å²) < 4.78 is 1.83. The fourth-order valence-electron chi connectivity index (χ4n) is 1.34. The van der Waals surface area contributed by atoms with E-state index in [1.165, 1.54) is 0 Å². The Labute approximate surface area is 71.6 Å². The molecule has 0 atom stereocenters. The molecule has 0 bridgehead atoms. The Morgan fingerprint density at radius 3 is 2.67 bits per heavy atom. The Hall–Kier alpha value is -1.30. The van der Waals surface area contributed by atoms with Crippen LogP contribution < -0.4 is 0 Å². The van der Waals surface area contributed by atoms with Crippen LogP contribution >= 0.6 is 0 Å². The molecular weight excluding hydrogens is 150 g/mol. The predicted molar refractivity (Wildman–Crippen MR) is 44.5 cm³/mol. The molecule has 2 rings (SSSR count). The van der Waals surface area contributed by atoms with Crippen molar-refractivity contribution in [2.45, 2.75) is 25.2 Å². The lowest BCUT2D eigenvalue weighted by Gasteiger charge is -1.97. The topological polar surface area (TPSA) is 41.6 Å². The first-order valence-corrected chi connectivity index (χ1v) is 4.10. The van der Waals surface area contributed by atoms with E-state index in [2.05, 4.69) is 11.2 Å². The fourth-order valence-corrected chi connectivity index (χ4v) is 1.34. The molecule has 0 unspecified atom stereocenters. The van der Waals surface area contributed by atoms with E-state index >= 15 is 0 Å². The van der Waals surface area contributed by atoms with Gasteiger partial charge in [0.25, 0.3) is 0 Å². The van der Waals surface area contributed by atoms with E-state index < -0.39 is 0 Å². The second kappa shape index (κ2) is 2.10. The third kappa shape index (κ3) is 0.845. The van der Waals surface area contributed by atoms with Gasteiger partial charge in [0.2, 0.25) is 0 Å². The summed E-state index contributed by atoms with van der Waals surface area (Å²) in [6.45, 7) is 2.00. The highest BCUT2D eigenvalue weighted by Gasteiger charge is 2.47. The summed E-state index contributed by atoms with van der Waals surface area (Å²) >= 11 is 0. The van der Waals surface area contributed by atoms with Crippen LogP contribution in [0.25, 0.3) is 0 Å². The van der Waals surface area contributed by atoms with Crippen molar-refractivity contribution < 1.29 is 0 Å². The van der Waals surface area contributed by atoms with Crippen LogP contribution in [0.3, 0.4) is 0 Å². The van der Waals surface area contributed by atoms with Crippen molar-refractivity contribution in [1.82, 2.24) is 9.78 Å². The van der Waals surface area contributed by atoms with E-state index in [0.717, 1.165) is 24.2 Å². The number of nitrogens with zero attached hydrogens (tertiary/aromatic N) is 3. The minimum Gasteiger partial charge on any atom is -0.273 e. The number of aromatic nitrogens is 2. The van der Waals surface area contributed by atoms with Crippen LogP contribution in [-0.4, -0.2) is 9.78 Å². The molecule has 62 valence electrons. The number of aryl methyl sites for hydroxylation is 2. The minimum absolute atomic E-state index is 0.230. The van der Waals surface area contributed by atoms with Crippen molar-refractivity contribution in [1.29, 1.82) is 5.26 Å². The van der Waals surface area contributed by atoms with Gasteiger partial charge in [0, 0.05) is 12.7 Å². The zero-order chi connectivity index (χ0) is 8.77. The van der Waals surface area contributed by atoms with Crippen molar-refractivity contribution in [3.63, 3.8) is 0 Å². The van der Waals surface area contributed by atoms with E-state index in [1.54, 1.807) is 0 Å². The highest BCUT2D eigenvalue weighted by Crippen LogP contribution is 2.46. The van der Waals surface area contributed by atoms with Crippen LogP contribution in [0.4, 0.5) is 0 Å². The second-order valence-corrected chi connectivity index (χ2v) is 3.49. The molecule has 3 heteroatoms. The van der Waals surface area contributed by atoms with Crippen molar-refractivity contribution in [2.24, 2.45) is 7.05 Å². The smallest absolute Gasteiger partial charge is 0.101 e. The zero-order valence-electron chi connectivity index (χ0n) is 7.33. The van der Waals surface area contributed by atoms with Gasteiger partial charge in [-0.1, -0.05) is 0 Å². The van der Waals surface area contributed by atoms with Crippen LogP contribution in [0, 0.1) is 18.3 Å². The quantitative estimate of drug-likeness (QED) is 0.622. The van der Waals surface area contributed by atoms with Gasteiger partial charge < -0.3 is 0 Å². The second-order valence-electron chi connectivity index (χ2n) is 3.49. The van der Waals surface area contributed by atoms with Crippen molar-refractivity contribution in [3.8, 4) is 6.07 Å². The molecule has 0 aromatic carbocycles. The molecule has 1 aliphatic rings. The predicted octanol–water partition coefficient (Wildman–Crippen LogP) is 1.28. The lowest BCUT2D eigenvalue weighted by atomic mass is 10.1. The Morgan fingerprint density at radius 1 is 1.67 bits per heavy atom. The summed E-state index contributed by atoms with van der Waals surface area (Å²) in [6.07, 6.45) is 1.94. The molecule has 1 aliphatic carbocycles. The molecule has 0 saturated heterocycles. The Morgan fingerprint density at radius 2 is 2.33 bits per heavy atom. The Balaban J connectivity index is 2.43. The monoisotopic (exact) mass is 161 g/mol. The average molecular weight is 161 g/mol. The van der Waals surface area contributed by atoms with Gasteiger partial charge in [-0.3, -0.25) is 4.68 Å². The zero-order valence-corrected chi connectivity index (χ0v) is 7.33. The van der Waals surface area contributed by atoms with Crippen molar-refractivity contribution >= 4 is 0 Å². The summed E-state index contributed by atoms with van der Waals surface area (Å²) in [4.78, 5) is 0. The molecule has 3 nitrogen and oxygen atoms in total. The first-order valence-electron chi connectivity index (χ1n) is 4.10. The van der Waals surface area contributed by atoms with Gasteiger partial charge in [-0.05, 0) is 25.8 Å². The maximum absolute atomic E-state index is 8.91. The van der Waals surface area contributed by atoms with E-state index in [0.29, 0.717) is 0 Å². The highest BCUT2D eigenvalue weighted by molar-refractivity contribution is 5.34. The molecular formula is C9H11N3. The summed E-state index contributed by atoms with van der Waals surface area (Å²) in [5.74, 6) is 0.